The summed E-state index contributed by atoms with van der Waals surface area (Å²) in [6.45, 7) is 6.19. The van der Waals surface area contributed by atoms with E-state index in [4.69, 9.17) is 0 Å². The van der Waals surface area contributed by atoms with Gasteiger partial charge in [-0.25, -0.2) is 0 Å². The zero-order valence-electron chi connectivity index (χ0n) is 14.3. The van der Waals surface area contributed by atoms with Crippen molar-refractivity contribution in [3.05, 3.63) is 0 Å². The van der Waals surface area contributed by atoms with E-state index in [-0.39, 0.29) is 0 Å². The lowest BCUT2D eigenvalue weighted by Gasteiger charge is -2.29. The SMILES string of the molecule is CCCNC1CCCC1CCN(C)CC1CC2CCC1C2. The van der Waals surface area contributed by atoms with Gasteiger partial charge in [0.25, 0.3) is 0 Å². The Morgan fingerprint density at radius 1 is 1.05 bits per heavy atom. The molecular formula is C19H36N2. The Morgan fingerprint density at radius 3 is 2.67 bits per heavy atom. The fourth-order valence-corrected chi connectivity index (χ4v) is 5.46. The summed E-state index contributed by atoms with van der Waals surface area (Å²) < 4.78 is 0. The summed E-state index contributed by atoms with van der Waals surface area (Å²) in [4.78, 5) is 2.65. The van der Waals surface area contributed by atoms with Crippen molar-refractivity contribution in [2.75, 3.05) is 26.7 Å². The minimum Gasteiger partial charge on any atom is -0.314 e. The molecule has 5 unspecified atom stereocenters. The summed E-state index contributed by atoms with van der Waals surface area (Å²) in [5, 5.41) is 3.78. The maximum absolute atomic E-state index is 3.78. The van der Waals surface area contributed by atoms with Gasteiger partial charge in [-0.1, -0.05) is 19.8 Å². The molecule has 0 amide bonds. The van der Waals surface area contributed by atoms with Gasteiger partial charge in [-0.15, -0.1) is 0 Å². The Kier molecular flexibility index (Phi) is 5.61. The van der Waals surface area contributed by atoms with Crippen molar-refractivity contribution in [2.45, 2.75) is 70.8 Å². The molecule has 21 heavy (non-hydrogen) atoms. The van der Waals surface area contributed by atoms with E-state index in [2.05, 4.69) is 24.2 Å². The highest BCUT2D eigenvalue weighted by atomic mass is 15.1. The van der Waals surface area contributed by atoms with Crippen LogP contribution in [0.15, 0.2) is 0 Å². The molecule has 2 bridgehead atoms. The highest BCUT2D eigenvalue weighted by molar-refractivity contribution is 4.91. The minimum atomic E-state index is 0.820. The van der Waals surface area contributed by atoms with Crippen LogP contribution >= 0.6 is 0 Å². The van der Waals surface area contributed by atoms with Crippen LogP contribution in [0.3, 0.4) is 0 Å². The van der Waals surface area contributed by atoms with Gasteiger partial charge in [0.15, 0.2) is 0 Å². The minimum absolute atomic E-state index is 0.820. The fraction of sp³-hybridized carbons (Fsp3) is 1.00. The van der Waals surface area contributed by atoms with E-state index in [9.17, 15) is 0 Å². The monoisotopic (exact) mass is 292 g/mol. The Bertz CT molecular complexity index is 317. The predicted molar refractivity (Wildman–Crippen MR) is 90.5 cm³/mol. The van der Waals surface area contributed by atoms with Crippen LogP contribution in [-0.2, 0) is 0 Å². The van der Waals surface area contributed by atoms with E-state index < -0.39 is 0 Å². The Morgan fingerprint density at radius 2 is 1.95 bits per heavy atom. The lowest BCUT2D eigenvalue weighted by atomic mass is 9.88. The van der Waals surface area contributed by atoms with Crippen LogP contribution in [-0.4, -0.2) is 37.6 Å². The quantitative estimate of drug-likeness (QED) is 0.729. The molecule has 3 rings (SSSR count). The zero-order valence-corrected chi connectivity index (χ0v) is 14.3. The average Bonchev–Trinajstić information content (AvgIpc) is 3.19. The molecule has 3 saturated carbocycles. The van der Waals surface area contributed by atoms with Crippen molar-refractivity contribution >= 4 is 0 Å². The van der Waals surface area contributed by atoms with Gasteiger partial charge in [-0.05, 0) is 88.8 Å². The van der Waals surface area contributed by atoms with E-state index in [0.29, 0.717) is 0 Å². The van der Waals surface area contributed by atoms with Crippen molar-refractivity contribution < 1.29 is 0 Å². The number of hydrogen-bond acceptors (Lipinski definition) is 2. The first-order valence-electron chi connectivity index (χ1n) is 9.68. The summed E-state index contributed by atoms with van der Waals surface area (Å²) >= 11 is 0. The first kappa shape index (κ1) is 15.8. The van der Waals surface area contributed by atoms with Gasteiger partial charge in [0.05, 0.1) is 0 Å². The van der Waals surface area contributed by atoms with Crippen LogP contribution in [0, 0.1) is 23.7 Å². The fourth-order valence-electron chi connectivity index (χ4n) is 5.46. The molecule has 1 N–H and O–H groups in total. The smallest absolute Gasteiger partial charge is 0.00958 e. The maximum atomic E-state index is 3.78. The summed E-state index contributed by atoms with van der Waals surface area (Å²) in [5.74, 6) is 4.17. The van der Waals surface area contributed by atoms with Crippen LogP contribution in [0.1, 0.15) is 64.7 Å². The van der Waals surface area contributed by atoms with E-state index >= 15 is 0 Å². The lowest BCUT2D eigenvalue weighted by molar-refractivity contribution is 0.205. The van der Waals surface area contributed by atoms with Crippen molar-refractivity contribution in [3.63, 3.8) is 0 Å². The second-order valence-electron chi connectivity index (χ2n) is 8.24. The third-order valence-corrected chi connectivity index (χ3v) is 6.63. The number of hydrogen-bond donors (Lipinski definition) is 1. The molecule has 0 aliphatic heterocycles. The predicted octanol–water partition coefficient (Wildman–Crippen LogP) is 3.91. The van der Waals surface area contributed by atoms with Crippen LogP contribution in [0.4, 0.5) is 0 Å². The molecule has 5 atom stereocenters. The molecule has 0 spiro atoms. The van der Waals surface area contributed by atoms with Crippen molar-refractivity contribution in [2.24, 2.45) is 23.7 Å². The van der Waals surface area contributed by atoms with Crippen LogP contribution in [0.5, 0.6) is 0 Å². The maximum Gasteiger partial charge on any atom is 0.00958 e. The average molecular weight is 293 g/mol. The van der Waals surface area contributed by atoms with Crippen molar-refractivity contribution in [3.8, 4) is 0 Å². The third-order valence-electron chi connectivity index (χ3n) is 6.63. The molecule has 0 aromatic heterocycles. The van der Waals surface area contributed by atoms with Gasteiger partial charge in [0.1, 0.15) is 0 Å². The molecule has 0 saturated heterocycles. The molecule has 2 heteroatoms. The highest BCUT2D eigenvalue weighted by Gasteiger charge is 2.39. The van der Waals surface area contributed by atoms with Gasteiger partial charge in [-0.3, -0.25) is 0 Å². The van der Waals surface area contributed by atoms with Crippen molar-refractivity contribution in [1.82, 2.24) is 10.2 Å². The molecule has 0 heterocycles. The number of fused-ring (bicyclic) bond motifs is 2. The number of rotatable bonds is 8. The standard InChI is InChI=1S/C19H36N2/c1-3-10-20-19-6-4-5-16(19)9-11-21(2)14-18-13-15-7-8-17(18)12-15/h15-20H,3-14H2,1-2H3. The first-order valence-corrected chi connectivity index (χ1v) is 9.68. The Labute approximate surface area is 132 Å². The van der Waals surface area contributed by atoms with Crippen LogP contribution in [0.2, 0.25) is 0 Å². The normalized spacial score (nSPS) is 38.7. The zero-order chi connectivity index (χ0) is 14.7. The van der Waals surface area contributed by atoms with E-state index in [1.807, 2.05) is 0 Å². The van der Waals surface area contributed by atoms with Gasteiger partial charge < -0.3 is 10.2 Å². The molecule has 0 aromatic carbocycles. The number of nitrogens with one attached hydrogen (secondary N) is 1. The van der Waals surface area contributed by atoms with E-state index in [1.165, 1.54) is 64.6 Å². The molecule has 0 aromatic rings. The molecule has 2 nitrogen and oxygen atoms in total. The third kappa shape index (κ3) is 4.01. The molecule has 3 aliphatic rings. The van der Waals surface area contributed by atoms with Crippen LogP contribution in [0.25, 0.3) is 0 Å². The number of nitrogens with zero attached hydrogens (tertiary/aromatic N) is 1. The summed E-state index contributed by atoms with van der Waals surface area (Å²) in [7, 11) is 2.37. The molecular weight excluding hydrogens is 256 g/mol. The highest BCUT2D eigenvalue weighted by Crippen LogP contribution is 2.48. The van der Waals surface area contributed by atoms with Crippen LogP contribution < -0.4 is 5.32 Å². The topological polar surface area (TPSA) is 15.3 Å². The van der Waals surface area contributed by atoms with E-state index in [0.717, 1.165) is 29.7 Å². The van der Waals surface area contributed by atoms with Gasteiger partial charge in [-0.2, -0.15) is 0 Å². The first-order chi connectivity index (χ1) is 10.3. The molecule has 0 radical (unpaired) electrons. The van der Waals surface area contributed by atoms with Gasteiger partial charge >= 0.3 is 0 Å². The molecule has 122 valence electrons. The second kappa shape index (κ2) is 7.46. The second-order valence-corrected chi connectivity index (χ2v) is 8.24. The molecule has 3 fully saturated rings. The largest absolute Gasteiger partial charge is 0.314 e. The van der Waals surface area contributed by atoms with Crippen molar-refractivity contribution in [1.29, 1.82) is 0 Å². The lowest BCUT2D eigenvalue weighted by Crippen LogP contribution is -2.36. The summed E-state index contributed by atoms with van der Waals surface area (Å²) in [5.41, 5.74) is 0. The molecule has 3 aliphatic carbocycles. The van der Waals surface area contributed by atoms with Gasteiger partial charge in [0, 0.05) is 12.6 Å². The summed E-state index contributed by atoms with van der Waals surface area (Å²) in [6, 6.07) is 0.820. The summed E-state index contributed by atoms with van der Waals surface area (Å²) in [6.07, 6.45) is 13.2. The Balaban J connectivity index is 1.36. The Hall–Kier alpha value is -0.0800. The van der Waals surface area contributed by atoms with E-state index in [1.54, 1.807) is 12.8 Å². The van der Waals surface area contributed by atoms with Gasteiger partial charge in [0.2, 0.25) is 0 Å².